The van der Waals surface area contributed by atoms with Crippen LogP contribution < -0.4 is 20.3 Å². The molecular weight excluding hydrogens is 386 g/mol. The maximum atomic E-state index is 12.4. The zero-order valence-electron chi connectivity index (χ0n) is 13.7. The lowest BCUT2D eigenvalue weighted by Gasteiger charge is -2.34. The monoisotopic (exact) mass is 403 g/mol. The third-order valence-corrected chi connectivity index (χ3v) is 4.34. The first-order chi connectivity index (χ1) is 12.1. The van der Waals surface area contributed by atoms with Gasteiger partial charge in [-0.25, -0.2) is 0 Å². The molecule has 0 bridgehead atoms. The summed E-state index contributed by atoms with van der Waals surface area (Å²) in [4.78, 5) is 26.3. The summed E-state index contributed by atoms with van der Waals surface area (Å²) in [5.41, 5.74) is 1.51. The fraction of sp³-hybridized carbons (Fsp3) is 0.222. The molecule has 0 saturated carbocycles. The minimum Gasteiger partial charge on any atom is -0.477 e. The number of nitrogens with one attached hydrogen (secondary N) is 2. The number of halogens is 1. The first kappa shape index (κ1) is 17.3. The Bertz CT molecular complexity index is 797. The van der Waals surface area contributed by atoms with Gasteiger partial charge in [0.1, 0.15) is 5.75 Å². The fourth-order valence-electron chi connectivity index (χ4n) is 2.69. The fourth-order valence-corrected chi connectivity index (χ4v) is 3.09. The number of likely N-dealkylation sites (N-methyl/N-ethyl adjacent to an activating group) is 1. The third-order valence-electron chi connectivity index (χ3n) is 3.84. The van der Waals surface area contributed by atoms with Crippen molar-refractivity contribution in [2.45, 2.75) is 6.10 Å². The molecule has 1 heterocycles. The van der Waals surface area contributed by atoms with Gasteiger partial charge in [-0.05, 0) is 30.3 Å². The molecule has 2 N–H and O–H groups in total. The number of carbonyl (C=O) groups excluding carboxylic acids is 2. The van der Waals surface area contributed by atoms with E-state index in [1.807, 2.05) is 47.4 Å². The summed E-state index contributed by atoms with van der Waals surface area (Å²) in [5, 5.41) is 5.46. The summed E-state index contributed by atoms with van der Waals surface area (Å²) >= 11 is 3.38. The highest BCUT2D eigenvalue weighted by Crippen LogP contribution is 2.33. The van der Waals surface area contributed by atoms with Crippen LogP contribution in [0.25, 0.3) is 0 Å². The van der Waals surface area contributed by atoms with E-state index < -0.39 is 6.10 Å². The standard InChI is InChI=1S/C18H18BrN3O3/c1-20-18(24)16-10-22(14-7-2-3-8-15(14)25-16)11-17(23)21-13-6-4-5-12(19)9-13/h2-9,16H,10-11H2,1H3,(H,20,24)(H,21,23). The molecule has 1 aliphatic rings. The Kier molecular flexibility index (Phi) is 5.23. The lowest BCUT2D eigenvalue weighted by Crippen LogP contribution is -2.50. The molecule has 7 heteroatoms. The number of fused-ring (bicyclic) bond motifs is 1. The second kappa shape index (κ2) is 7.57. The molecule has 2 aromatic carbocycles. The molecule has 0 spiro atoms. The van der Waals surface area contributed by atoms with Crippen LogP contribution in [0.15, 0.2) is 53.0 Å². The molecule has 0 saturated heterocycles. The van der Waals surface area contributed by atoms with Crippen LogP contribution in [0.3, 0.4) is 0 Å². The number of carbonyl (C=O) groups is 2. The van der Waals surface area contributed by atoms with Crippen molar-refractivity contribution in [2.24, 2.45) is 0 Å². The van der Waals surface area contributed by atoms with E-state index >= 15 is 0 Å². The van der Waals surface area contributed by atoms with Gasteiger partial charge in [0.05, 0.1) is 18.8 Å². The molecule has 2 amide bonds. The number of para-hydroxylation sites is 2. The number of rotatable bonds is 4. The molecule has 1 aliphatic heterocycles. The first-order valence-corrected chi connectivity index (χ1v) is 8.64. The maximum Gasteiger partial charge on any atom is 0.262 e. The lowest BCUT2D eigenvalue weighted by atomic mass is 10.1. The van der Waals surface area contributed by atoms with Crippen LogP contribution in [-0.2, 0) is 9.59 Å². The average molecular weight is 404 g/mol. The SMILES string of the molecule is CNC(=O)C1CN(CC(=O)Nc2cccc(Br)c2)c2ccccc2O1. The van der Waals surface area contributed by atoms with Crippen molar-refractivity contribution in [3.05, 3.63) is 53.0 Å². The van der Waals surface area contributed by atoms with Crippen LogP contribution >= 0.6 is 15.9 Å². The second-order valence-electron chi connectivity index (χ2n) is 5.63. The third kappa shape index (κ3) is 4.11. The van der Waals surface area contributed by atoms with Crippen LogP contribution in [0.1, 0.15) is 0 Å². The van der Waals surface area contributed by atoms with Gasteiger partial charge in [0.2, 0.25) is 5.91 Å². The second-order valence-corrected chi connectivity index (χ2v) is 6.54. The van der Waals surface area contributed by atoms with Crippen LogP contribution in [0, 0.1) is 0 Å². The number of benzene rings is 2. The molecule has 3 rings (SSSR count). The minimum atomic E-state index is -0.654. The molecule has 25 heavy (non-hydrogen) atoms. The number of hydrogen-bond donors (Lipinski definition) is 2. The number of hydrogen-bond acceptors (Lipinski definition) is 4. The summed E-state index contributed by atoms with van der Waals surface area (Å²) in [6.07, 6.45) is -0.654. The first-order valence-electron chi connectivity index (χ1n) is 7.84. The Morgan fingerprint density at radius 3 is 2.80 bits per heavy atom. The van der Waals surface area contributed by atoms with Gasteiger partial charge in [-0.15, -0.1) is 0 Å². The van der Waals surface area contributed by atoms with Gasteiger partial charge in [-0.2, -0.15) is 0 Å². The topological polar surface area (TPSA) is 70.7 Å². The van der Waals surface area contributed by atoms with Crippen molar-refractivity contribution in [1.29, 1.82) is 0 Å². The summed E-state index contributed by atoms with van der Waals surface area (Å²) in [7, 11) is 1.57. The van der Waals surface area contributed by atoms with Crippen molar-refractivity contribution >= 4 is 39.1 Å². The average Bonchev–Trinajstić information content (AvgIpc) is 2.60. The molecule has 0 aliphatic carbocycles. The highest BCUT2D eigenvalue weighted by molar-refractivity contribution is 9.10. The minimum absolute atomic E-state index is 0.125. The van der Waals surface area contributed by atoms with Gasteiger partial charge in [0.15, 0.2) is 6.10 Å². The zero-order valence-corrected chi connectivity index (χ0v) is 15.2. The van der Waals surface area contributed by atoms with E-state index in [0.717, 1.165) is 10.2 Å². The quantitative estimate of drug-likeness (QED) is 0.821. The predicted molar refractivity (Wildman–Crippen MR) is 99.9 cm³/mol. The number of anilines is 2. The normalized spacial score (nSPS) is 15.8. The number of amides is 2. The molecule has 0 fully saturated rings. The predicted octanol–water partition coefficient (Wildman–Crippen LogP) is 2.40. The zero-order chi connectivity index (χ0) is 17.8. The van der Waals surface area contributed by atoms with Gasteiger partial charge in [-0.1, -0.05) is 34.1 Å². The van der Waals surface area contributed by atoms with Gasteiger partial charge < -0.3 is 20.3 Å². The summed E-state index contributed by atoms with van der Waals surface area (Å²) in [6, 6.07) is 14.8. The van der Waals surface area contributed by atoms with E-state index in [1.54, 1.807) is 13.1 Å². The lowest BCUT2D eigenvalue weighted by molar-refractivity contribution is -0.127. The summed E-state index contributed by atoms with van der Waals surface area (Å²) in [5.74, 6) is 0.218. The molecule has 2 aromatic rings. The highest BCUT2D eigenvalue weighted by Gasteiger charge is 2.30. The smallest absolute Gasteiger partial charge is 0.262 e. The van der Waals surface area contributed by atoms with Crippen molar-refractivity contribution in [3.63, 3.8) is 0 Å². The van der Waals surface area contributed by atoms with Crippen LogP contribution in [0.5, 0.6) is 5.75 Å². The number of ether oxygens (including phenoxy) is 1. The van der Waals surface area contributed by atoms with Crippen molar-refractivity contribution in [2.75, 3.05) is 30.4 Å². The summed E-state index contributed by atoms with van der Waals surface area (Å²) < 4.78 is 6.63. The highest BCUT2D eigenvalue weighted by atomic mass is 79.9. The van der Waals surface area contributed by atoms with Crippen molar-refractivity contribution in [1.82, 2.24) is 5.32 Å². The number of nitrogens with zero attached hydrogens (tertiary/aromatic N) is 1. The Hall–Kier alpha value is -2.54. The molecule has 0 radical (unpaired) electrons. The van der Waals surface area contributed by atoms with Crippen LogP contribution in [0.2, 0.25) is 0 Å². The van der Waals surface area contributed by atoms with Gasteiger partial charge >= 0.3 is 0 Å². The van der Waals surface area contributed by atoms with Crippen LogP contribution in [-0.4, -0.2) is 38.1 Å². The van der Waals surface area contributed by atoms with Gasteiger partial charge in [0, 0.05) is 17.2 Å². The van der Waals surface area contributed by atoms with E-state index in [-0.39, 0.29) is 18.4 Å². The van der Waals surface area contributed by atoms with Gasteiger partial charge in [-0.3, -0.25) is 9.59 Å². The van der Waals surface area contributed by atoms with E-state index in [0.29, 0.717) is 18.0 Å². The Labute approximate surface area is 154 Å². The van der Waals surface area contributed by atoms with E-state index in [4.69, 9.17) is 4.74 Å². The maximum absolute atomic E-state index is 12.4. The molecule has 130 valence electrons. The molecule has 6 nitrogen and oxygen atoms in total. The molecular formula is C18H18BrN3O3. The Balaban J connectivity index is 1.75. The van der Waals surface area contributed by atoms with Gasteiger partial charge in [0.25, 0.3) is 5.91 Å². The largest absolute Gasteiger partial charge is 0.477 e. The Morgan fingerprint density at radius 1 is 1.24 bits per heavy atom. The molecule has 1 unspecified atom stereocenters. The molecule has 1 atom stereocenters. The Morgan fingerprint density at radius 2 is 2.04 bits per heavy atom. The van der Waals surface area contributed by atoms with E-state index in [2.05, 4.69) is 26.6 Å². The van der Waals surface area contributed by atoms with Crippen LogP contribution in [0.4, 0.5) is 11.4 Å². The van der Waals surface area contributed by atoms with Crippen molar-refractivity contribution in [3.8, 4) is 5.75 Å². The molecule has 0 aromatic heterocycles. The summed E-state index contributed by atoms with van der Waals surface area (Å²) in [6.45, 7) is 0.434. The van der Waals surface area contributed by atoms with E-state index in [9.17, 15) is 9.59 Å². The van der Waals surface area contributed by atoms with E-state index in [1.165, 1.54) is 0 Å². The van der Waals surface area contributed by atoms with Crippen molar-refractivity contribution < 1.29 is 14.3 Å².